The molecule has 0 radical (unpaired) electrons. The van der Waals surface area contributed by atoms with Crippen molar-refractivity contribution in [2.75, 3.05) is 31.7 Å². The molecule has 158 valence electrons. The third-order valence-electron chi connectivity index (χ3n) is 6.00. The molecule has 30 heavy (non-hydrogen) atoms. The first-order valence-electron chi connectivity index (χ1n) is 10.4. The van der Waals surface area contributed by atoms with Crippen LogP contribution in [0.4, 0.5) is 10.5 Å². The monoisotopic (exact) mass is 411 g/mol. The third kappa shape index (κ3) is 3.34. The number of urea groups is 1. The van der Waals surface area contributed by atoms with Crippen LogP contribution in [-0.4, -0.2) is 57.9 Å². The second-order valence-electron chi connectivity index (χ2n) is 7.92. The van der Waals surface area contributed by atoms with Crippen molar-refractivity contribution in [3.8, 4) is 11.5 Å². The summed E-state index contributed by atoms with van der Waals surface area (Å²) in [6.07, 6.45) is 3.90. The number of nitrogens with one attached hydrogen (secondary N) is 1. The summed E-state index contributed by atoms with van der Waals surface area (Å²) in [5, 5.41) is 7.44. The molecule has 0 spiro atoms. The molecule has 4 heterocycles. The van der Waals surface area contributed by atoms with Gasteiger partial charge in [-0.3, -0.25) is 9.48 Å². The van der Waals surface area contributed by atoms with Crippen molar-refractivity contribution in [1.29, 1.82) is 0 Å². The van der Waals surface area contributed by atoms with Gasteiger partial charge in [-0.05, 0) is 31.4 Å². The molecule has 1 N–H and O–H groups in total. The average Bonchev–Trinajstić information content (AvgIpc) is 3.37. The number of amides is 3. The molecule has 1 fully saturated rings. The fraction of sp³-hybridized carbons (Fsp3) is 0.476. The van der Waals surface area contributed by atoms with Gasteiger partial charge in [0.25, 0.3) is 5.91 Å². The van der Waals surface area contributed by atoms with Crippen LogP contribution in [0.25, 0.3) is 0 Å². The van der Waals surface area contributed by atoms with Gasteiger partial charge in [-0.1, -0.05) is 0 Å². The van der Waals surface area contributed by atoms with Gasteiger partial charge in [0.05, 0.1) is 6.54 Å². The van der Waals surface area contributed by atoms with E-state index in [0.29, 0.717) is 42.4 Å². The topological polar surface area (TPSA) is 88.9 Å². The number of ether oxygens (including phenoxy) is 2. The number of likely N-dealkylation sites (tertiary alicyclic amines) is 1. The molecule has 3 aliphatic heterocycles. The van der Waals surface area contributed by atoms with Gasteiger partial charge in [-0.15, -0.1) is 0 Å². The van der Waals surface area contributed by atoms with Crippen LogP contribution in [0.15, 0.2) is 18.2 Å². The number of nitrogens with zero attached hydrogens (tertiary/aromatic N) is 4. The number of carbonyl (C=O) groups excluding carboxylic acids is 2. The van der Waals surface area contributed by atoms with E-state index in [1.807, 2.05) is 11.9 Å². The maximum Gasteiger partial charge on any atom is 0.322 e. The van der Waals surface area contributed by atoms with E-state index in [1.165, 1.54) is 0 Å². The Kier molecular flexibility index (Phi) is 4.72. The van der Waals surface area contributed by atoms with E-state index in [9.17, 15) is 9.59 Å². The van der Waals surface area contributed by atoms with E-state index < -0.39 is 0 Å². The van der Waals surface area contributed by atoms with Crippen molar-refractivity contribution < 1.29 is 19.1 Å². The smallest absolute Gasteiger partial charge is 0.322 e. The summed E-state index contributed by atoms with van der Waals surface area (Å²) in [7, 11) is 1.87. The fourth-order valence-electron chi connectivity index (χ4n) is 4.36. The van der Waals surface area contributed by atoms with Crippen LogP contribution in [0.2, 0.25) is 0 Å². The number of fused-ring (bicyclic) bond motifs is 2. The number of anilines is 1. The minimum Gasteiger partial charge on any atom is -0.454 e. The fourth-order valence-corrected chi connectivity index (χ4v) is 4.36. The van der Waals surface area contributed by atoms with Crippen molar-refractivity contribution in [2.24, 2.45) is 7.05 Å². The molecule has 3 amide bonds. The molecule has 1 saturated heterocycles. The number of aryl methyl sites for hydroxylation is 1. The first-order valence-corrected chi connectivity index (χ1v) is 10.4. The van der Waals surface area contributed by atoms with Crippen molar-refractivity contribution >= 4 is 17.6 Å². The summed E-state index contributed by atoms with van der Waals surface area (Å²) < 4.78 is 12.5. The first kappa shape index (κ1) is 18.8. The van der Waals surface area contributed by atoms with Crippen LogP contribution in [0.5, 0.6) is 11.5 Å². The Bertz CT molecular complexity index is 996. The number of rotatable bonds is 2. The molecule has 9 nitrogen and oxygen atoms in total. The summed E-state index contributed by atoms with van der Waals surface area (Å²) in [5.74, 6) is 1.27. The van der Waals surface area contributed by atoms with E-state index >= 15 is 0 Å². The minimum absolute atomic E-state index is 0.0235. The minimum atomic E-state index is -0.209. The SMILES string of the molecule is Cn1nc(C(=O)N2CCCCC2)c2c1CCN(C(=O)Nc1ccc3c(c1)OCO3)C2. The van der Waals surface area contributed by atoms with Crippen LogP contribution in [0.1, 0.15) is 41.0 Å². The van der Waals surface area contributed by atoms with Gasteiger partial charge in [0.2, 0.25) is 6.79 Å². The predicted octanol–water partition coefficient (Wildman–Crippen LogP) is 2.37. The highest BCUT2D eigenvalue weighted by molar-refractivity contribution is 5.95. The van der Waals surface area contributed by atoms with E-state index in [1.54, 1.807) is 27.8 Å². The highest BCUT2D eigenvalue weighted by Gasteiger charge is 2.31. The lowest BCUT2D eigenvalue weighted by atomic mass is 10.0. The molecule has 0 unspecified atom stereocenters. The van der Waals surface area contributed by atoms with Gasteiger partial charge in [0, 0.05) is 56.1 Å². The van der Waals surface area contributed by atoms with Crippen molar-refractivity contribution in [1.82, 2.24) is 19.6 Å². The van der Waals surface area contributed by atoms with Crippen LogP contribution in [0, 0.1) is 0 Å². The zero-order valence-corrected chi connectivity index (χ0v) is 17.0. The molecule has 9 heteroatoms. The number of hydrogen-bond donors (Lipinski definition) is 1. The van der Waals surface area contributed by atoms with Gasteiger partial charge in [-0.25, -0.2) is 4.79 Å². The zero-order valence-electron chi connectivity index (χ0n) is 17.0. The number of benzene rings is 1. The summed E-state index contributed by atoms with van der Waals surface area (Å²) >= 11 is 0. The maximum absolute atomic E-state index is 13.1. The average molecular weight is 411 g/mol. The Balaban J connectivity index is 1.32. The van der Waals surface area contributed by atoms with Crippen LogP contribution in [-0.2, 0) is 20.0 Å². The van der Waals surface area contributed by atoms with E-state index in [-0.39, 0.29) is 18.7 Å². The molecular weight excluding hydrogens is 386 g/mol. The number of hydrogen-bond acceptors (Lipinski definition) is 5. The van der Waals surface area contributed by atoms with Crippen molar-refractivity contribution in [3.05, 3.63) is 35.2 Å². The van der Waals surface area contributed by atoms with Gasteiger partial charge in [0.15, 0.2) is 17.2 Å². The second kappa shape index (κ2) is 7.55. The van der Waals surface area contributed by atoms with Crippen molar-refractivity contribution in [2.45, 2.75) is 32.2 Å². The largest absolute Gasteiger partial charge is 0.454 e. The summed E-state index contributed by atoms with van der Waals surface area (Å²) in [4.78, 5) is 29.6. The number of aromatic nitrogens is 2. The normalized spacial score (nSPS) is 17.6. The lowest BCUT2D eigenvalue weighted by Gasteiger charge is -2.29. The number of carbonyl (C=O) groups is 2. The van der Waals surface area contributed by atoms with Gasteiger partial charge in [-0.2, -0.15) is 5.10 Å². The Labute approximate surface area is 174 Å². The molecule has 3 aliphatic rings. The molecule has 1 aromatic heterocycles. The van der Waals surface area contributed by atoms with Gasteiger partial charge in [0.1, 0.15) is 0 Å². The molecule has 2 aromatic rings. The molecule has 0 aliphatic carbocycles. The summed E-state index contributed by atoms with van der Waals surface area (Å²) in [5.41, 5.74) is 3.02. The van der Waals surface area contributed by atoms with Gasteiger partial charge >= 0.3 is 6.03 Å². The quantitative estimate of drug-likeness (QED) is 0.820. The molecule has 0 atom stereocenters. The Morgan fingerprint density at radius 3 is 2.67 bits per heavy atom. The van der Waals surface area contributed by atoms with Crippen LogP contribution < -0.4 is 14.8 Å². The second-order valence-corrected chi connectivity index (χ2v) is 7.92. The standard InChI is InChI=1S/C21H25N5O4/c1-24-16-7-10-26(21(28)22-14-5-6-17-18(11-14)30-13-29-17)12-15(16)19(23-24)20(27)25-8-3-2-4-9-25/h5-6,11H,2-4,7-10,12-13H2,1H3,(H,22,28). The highest BCUT2D eigenvalue weighted by Crippen LogP contribution is 2.34. The molecule has 1 aromatic carbocycles. The Morgan fingerprint density at radius 1 is 1.03 bits per heavy atom. The molecular formula is C21H25N5O4. The summed E-state index contributed by atoms with van der Waals surface area (Å²) in [6.45, 7) is 2.68. The number of piperidine rings is 1. The van der Waals surface area contributed by atoms with E-state index in [0.717, 1.165) is 43.6 Å². The highest BCUT2D eigenvalue weighted by atomic mass is 16.7. The zero-order chi connectivity index (χ0) is 20.7. The maximum atomic E-state index is 13.1. The first-order chi connectivity index (χ1) is 14.6. The molecule has 0 saturated carbocycles. The van der Waals surface area contributed by atoms with Crippen LogP contribution >= 0.6 is 0 Å². The summed E-state index contributed by atoms with van der Waals surface area (Å²) in [6, 6.07) is 5.11. The van der Waals surface area contributed by atoms with Crippen LogP contribution in [0.3, 0.4) is 0 Å². The third-order valence-corrected chi connectivity index (χ3v) is 6.00. The lowest BCUT2D eigenvalue weighted by molar-refractivity contribution is 0.0715. The van der Waals surface area contributed by atoms with E-state index in [4.69, 9.17) is 9.47 Å². The predicted molar refractivity (Wildman–Crippen MR) is 109 cm³/mol. The van der Waals surface area contributed by atoms with E-state index in [2.05, 4.69) is 10.4 Å². The lowest BCUT2D eigenvalue weighted by Crippen LogP contribution is -2.40. The Hall–Kier alpha value is -3.23. The molecule has 5 rings (SSSR count). The van der Waals surface area contributed by atoms with Crippen molar-refractivity contribution in [3.63, 3.8) is 0 Å². The molecule has 0 bridgehead atoms. The Morgan fingerprint density at radius 2 is 1.83 bits per heavy atom. The van der Waals surface area contributed by atoms with Gasteiger partial charge < -0.3 is 24.6 Å².